The van der Waals surface area contributed by atoms with Crippen LogP contribution in [0.3, 0.4) is 0 Å². The van der Waals surface area contributed by atoms with Crippen molar-refractivity contribution in [3.05, 3.63) is 35.4 Å². The van der Waals surface area contributed by atoms with Gasteiger partial charge in [-0.15, -0.1) is 0 Å². The molecule has 8 heteroatoms. The van der Waals surface area contributed by atoms with Crippen molar-refractivity contribution in [3.8, 4) is 0 Å². The molecule has 0 aliphatic carbocycles. The molecule has 1 aromatic carbocycles. The number of rotatable bonds is 19. The Hall–Kier alpha value is 2.56. The van der Waals surface area contributed by atoms with Gasteiger partial charge in [-0.25, -0.2) is 9.56 Å². The molecule has 0 fully saturated rings. The fraction of sp³-hybridized carbons (Fsp3) is 0.750. The van der Waals surface area contributed by atoms with Crippen LogP contribution in [0.1, 0.15) is 108 Å². The molecule has 0 N–H and O–H groups in total. The molecule has 1 aromatic rings. The van der Waals surface area contributed by atoms with Crippen molar-refractivity contribution in [2.45, 2.75) is 116 Å². The van der Waals surface area contributed by atoms with Crippen molar-refractivity contribution in [1.29, 1.82) is 0 Å². The van der Waals surface area contributed by atoms with Gasteiger partial charge in [0.15, 0.2) is 0 Å². The van der Waals surface area contributed by atoms with Crippen LogP contribution in [-0.4, -0.2) is 6.10 Å². The molecule has 1 rings (SSSR count). The molecule has 0 spiro atoms. The average molecular weight is 519 g/mol. The molecule has 1 unspecified atom stereocenters. The predicted molar refractivity (Wildman–Crippen MR) is 119 cm³/mol. The molecule has 0 aliphatic rings. The molecular formula is C24H41K2O5P. The van der Waals surface area contributed by atoms with Crippen molar-refractivity contribution in [3.63, 3.8) is 0 Å². The van der Waals surface area contributed by atoms with Crippen LogP contribution in [0.25, 0.3) is 0 Å². The van der Waals surface area contributed by atoms with Crippen molar-refractivity contribution < 1.29 is 127 Å². The summed E-state index contributed by atoms with van der Waals surface area (Å²) in [4.78, 5) is 25.2. The molecule has 174 valence electrons. The van der Waals surface area contributed by atoms with Crippen LogP contribution in [0.4, 0.5) is 0 Å². The summed E-state index contributed by atoms with van der Waals surface area (Å²) in [5.41, 5.74) is 2.92. The molecule has 0 aliphatic heterocycles. The molecule has 0 heterocycles. The molecule has 32 heavy (non-hydrogen) atoms. The fourth-order valence-corrected chi connectivity index (χ4v) is 4.01. The number of benzene rings is 1. The van der Waals surface area contributed by atoms with E-state index in [2.05, 4.69) is 40.8 Å². The first-order chi connectivity index (χ1) is 14.4. The van der Waals surface area contributed by atoms with Crippen molar-refractivity contribution in [2.75, 3.05) is 0 Å². The Labute approximate surface area is 281 Å². The third kappa shape index (κ3) is 23.0. The maximum atomic E-state index is 10.3. The van der Waals surface area contributed by atoms with Crippen molar-refractivity contribution >= 4 is 7.82 Å². The molecule has 0 bridgehead atoms. The first-order valence-corrected chi connectivity index (χ1v) is 13.3. The zero-order valence-electron chi connectivity index (χ0n) is 21.0. The van der Waals surface area contributed by atoms with Crippen molar-refractivity contribution in [2.24, 2.45) is 0 Å². The second-order valence-electron chi connectivity index (χ2n) is 8.49. The van der Waals surface area contributed by atoms with Gasteiger partial charge in [0.2, 0.25) is 0 Å². The van der Waals surface area contributed by atoms with Crippen LogP contribution in [0.15, 0.2) is 24.3 Å². The number of hydrogen-bond donors (Lipinski definition) is 0. The second kappa shape index (κ2) is 23.9. The maximum Gasteiger partial charge on any atom is 1.00 e. The standard InChI is InChI=1S/C24H43O5P.2K/c1-22-18-16-17-21-24(22)20-15-13-11-9-7-5-3-4-6-8-10-12-14-19-23(2)28-29-30(25,26)27;;/h16-18,21,23H,3-15,19-20H2,1-2H3,(H2,25,26,27);;/q;2*+1/p-2. The summed E-state index contributed by atoms with van der Waals surface area (Å²) in [6.45, 7) is 3.91. The van der Waals surface area contributed by atoms with Gasteiger partial charge in [-0.05, 0) is 44.2 Å². The first-order valence-electron chi connectivity index (χ1n) is 11.8. The monoisotopic (exact) mass is 518 g/mol. The minimum atomic E-state index is -5.03. The van der Waals surface area contributed by atoms with Gasteiger partial charge in [0, 0.05) is 0 Å². The Morgan fingerprint density at radius 1 is 0.781 bits per heavy atom. The average Bonchev–Trinajstić information content (AvgIpc) is 2.70. The molecule has 0 saturated heterocycles. The van der Waals surface area contributed by atoms with Gasteiger partial charge in [0.05, 0.1) is 6.10 Å². The topological polar surface area (TPSA) is 81.7 Å². The first kappa shape index (κ1) is 36.7. The van der Waals surface area contributed by atoms with E-state index in [1.165, 1.54) is 88.2 Å². The number of phosphoric acid groups is 1. The SMILES string of the molecule is Cc1ccccc1CCCCCCCCCCCCCCCC(C)OOP(=O)([O-])[O-].[K+].[K+]. The summed E-state index contributed by atoms with van der Waals surface area (Å²) in [5, 5.41) is 0. The molecule has 5 nitrogen and oxygen atoms in total. The van der Waals surface area contributed by atoms with Gasteiger partial charge in [-0.2, -0.15) is 0 Å². The van der Waals surface area contributed by atoms with E-state index < -0.39 is 7.82 Å². The van der Waals surface area contributed by atoms with Gasteiger partial charge in [0.1, 0.15) is 7.82 Å². The molecule has 0 radical (unpaired) electrons. The summed E-state index contributed by atoms with van der Waals surface area (Å²) in [6, 6.07) is 8.72. The van der Waals surface area contributed by atoms with Crippen LogP contribution in [0.2, 0.25) is 0 Å². The Morgan fingerprint density at radius 3 is 1.69 bits per heavy atom. The van der Waals surface area contributed by atoms with Crippen LogP contribution < -0.4 is 113 Å². The van der Waals surface area contributed by atoms with Gasteiger partial charge >= 0.3 is 103 Å². The second-order valence-corrected chi connectivity index (χ2v) is 9.53. The third-order valence-corrected chi connectivity index (χ3v) is 5.89. The Morgan fingerprint density at radius 2 is 1.22 bits per heavy atom. The minimum absolute atomic E-state index is 0. The van der Waals surface area contributed by atoms with E-state index in [9.17, 15) is 14.4 Å². The summed E-state index contributed by atoms with van der Waals surface area (Å²) in [6.07, 6.45) is 18.1. The summed E-state index contributed by atoms with van der Waals surface area (Å²) in [5.74, 6) is 0. The van der Waals surface area contributed by atoms with Crippen LogP contribution >= 0.6 is 7.82 Å². The molecular weight excluding hydrogens is 477 g/mol. The number of aryl methyl sites for hydroxylation is 2. The predicted octanol–water partition coefficient (Wildman–Crippen LogP) is 0.172. The van der Waals surface area contributed by atoms with Crippen LogP contribution in [0, 0.1) is 6.92 Å². The number of unbranched alkanes of at least 4 members (excludes halogenated alkanes) is 12. The van der Waals surface area contributed by atoms with E-state index in [-0.39, 0.29) is 109 Å². The van der Waals surface area contributed by atoms with Gasteiger partial charge in [-0.1, -0.05) is 101 Å². The smallest absolute Gasteiger partial charge is 0.788 e. The largest absolute Gasteiger partial charge is 1.00 e. The zero-order chi connectivity index (χ0) is 22.1. The zero-order valence-corrected chi connectivity index (χ0v) is 28.1. The van der Waals surface area contributed by atoms with Crippen LogP contribution in [-0.2, 0) is 20.5 Å². The Bertz CT molecular complexity index is 598. The Kier molecular flexibility index (Phi) is 27.5. The van der Waals surface area contributed by atoms with E-state index in [1.54, 1.807) is 6.92 Å². The van der Waals surface area contributed by atoms with E-state index in [4.69, 9.17) is 0 Å². The van der Waals surface area contributed by atoms with Gasteiger partial charge in [0.25, 0.3) is 0 Å². The molecule has 1 atom stereocenters. The summed E-state index contributed by atoms with van der Waals surface area (Å²) in [7, 11) is -5.03. The normalized spacial score (nSPS) is 12.1. The Balaban J connectivity index is 0. The maximum absolute atomic E-state index is 10.3. The summed E-state index contributed by atoms with van der Waals surface area (Å²) >= 11 is 0. The fourth-order valence-electron chi connectivity index (χ4n) is 3.76. The van der Waals surface area contributed by atoms with E-state index in [0.29, 0.717) is 6.42 Å². The van der Waals surface area contributed by atoms with E-state index in [1.807, 2.05) is 0 Å². The van der Waals surface area contributed by atoms with Crippen LogP contribution in [0.5, 0.6) is 0 Å². The molecule has 0 saturated carbocycles. The minimum Gasteiger partial charge on any atom is -0.788 e. The number of hydrogen-bond acceptors (Lipinski definition) is 5. The molecule has 0 amide bonds. The third-order valence-electron chi connectivity index (χ3n) is 5.62. The van der Waals surface area contributed by atoms with E-state index >= 15 is 0 Å². The molecule has 0 aromatic heterocycles. The van der Waals surface area contributed by atoms with Gasteiger partial charge in [-0.3, -0.25) is 0 Å². The van der Waals surface area contributed by atoms with E-state index in [0.717, 1.165) is 12.8 Å². The quantitative estimate of drug-likeness (QED) is 0.0858. The summed E-state index contributed by atoms with van der Waals surface area (Å²) < 4.78 is 14.1. The van der Waals surface area contributed by atoms with Crippen molar-refractivity contribution in [1.82, 2.24) is 0 Å². The van der Waals surface area contributed by atoms with Gasteiger partial charge < -0.3 is 14.4 Å².